The third-order valence-corrected chi connectivity index (χ3v) is 4.58. The van der Waals surface area contributed by atoms with Crippen molar-refractivity contribution in [3.05, 3.63) is 75.5 Å². The Bertz CT molecular complexity index is 934. The van der Waals surface area contributed by atoms with E-state index < -0.39 is 5.97 Å². The molecule has 3 aromatic rings. The van der Waals surface area contributed by atoms with Crippen molar-refractivity contribution in [2.75, 3.05) is 5.32 Å². The largest absolute Gasteiger partial charge is 0.478 e. The third-order valence-electron chi connectivity index (χ3n) is 3.86. The molecular formula is C19H15Cl2NO3. The summed E-state index contributed by atoms with van der Waals surface area (Å²) in [4.78, 5) is 11.0. The van der Waals surface area contributed by atoms with Crippen molar-refractivity contribution in [1.82, 2.24) is 0 Å². The van der Waals surface area contributed by atoms with Crippen LogP contribution in [-0.2, 0) is 6.54 Å². The van der Waals surface area contributed by atoms with Crippen LogP contribution in [0, 0.1) is 6.92 Å². The molecule has 0 spiro atoms. The van der Waals surface area contributed by atoms with Gasteiger partial charge in [-0.05, 0) is 48.9 Å². The molecule has 0 atom stereocenters. The molecule has 6 heteroatoms. The Kier molecular flexibility index (Phi) is 5.02. The van der Waals surface area contributed by atoms with Gasteiger partial charge in [0.1, 0.15) is 11.5 Å². The summed E-state index contributed by atoms with van der Waals surface area (Å²) in [5, 5.41) is 13.0. The maximum absolute atomic E-state index is 11.0. The molecule has 0 saturated heterocycles. The van der Waals surface area contributed by atoms with E-state index >= 15 is 0 Å². The lowest BCUT2D eigenvalue weighted by molar-refractivity contribution is 0.0697. The molecule has 0 bridgehead atoms. The van der Waals surface area contributed by atoms with E-state index in [4.69, 9.17) is 32.7 Å². The molecule has 0 aliphatic rings. The van der Waals surface area contributed by atoms with E-state index in [0.717, 1.165) is 22.6 Å². The number of anilines is 1. The van der Waals surface area contributed by atoms with Crippen molar-refractivity contribution in [3.8, 4) is 11.3 Å². The van der Waals surface area contributed by atoms with Crippen LogP contribution in [-0.4, -0.2) is 11.1 Å². The van der Waals surface area contributed by atoms with Crippen LogP contribution < -0.4 is 5.32 Å². The van der Waals surface area contributed by atoms with Gasteiger partial charge in [-0.2, -0.15) is 0 Å². The maximum atomic E-state index is 11.0. The van der Waals surface area contributed by atoms with Gasteiger partial charge < -0.3 is 14.8 Å². The van der Waals surface area contributed by atoms with Gasteiger partial charge in [0.15, 0.2) is 0 Å². The minimum absolute atomic E-state index is 0.0731. The minimum atomic E-state index is -1.05. The number of carboxylic acid groups (broad SMARTS) is 1. The molecule has 0 aliphatic heterocycles. The van der Waals surface area contributed by atoms with E-state index in [1.807, 2.05) is 37.3 Å². The Hall–Kier alpha value is -2.43. The van der Waals surface area contributed by atoms with Gasteiger partial charge in [-0.1, -0.05) is 35.3 Å². The molecule has 25 heavy (non-hydrogen) atoms. The molecule has 1 heterocycles. The van der Waals surface area contributed by atoms with E-state index in [1.165, 1.54) is 6.07 Å². The lowest BCUT2D eigenvalue weighted by Gasteiger charge is -2.07. The highest BCUT2D eigenvalue weighted by atomic mass is 35.5. The number of nitrogens with one attached hydrogen (secondary N) is 1. The second-order valence-electron chi connectivity index (χ2n) is 5.53. The Morgan fingerprint density at radius 2 is 1.92 bits per heavy atom. The number of carbonyl (C=O) groups is 1. The van der Waals surface area contributed by atoms with Crippen LogP contribution >= 0.6 is 23.2 Å². The normalized spacial score (nSPS) is 10.7. The molecule has 1 aromatic heterocycles. The minimum Gasteiger partial charge on any atom is -0.478 e. The number of hydrogen-bond acceptors (Lipinski definition) is 3. The topological polar surface area (TPSA) is 62.5 Å². The smallest absolute Gasteiger partial charge is 0.337 e. The number of aromatic carboxylic acids is 1. The number of carboxylic acids is 1. The van der Waals surface area contributed by atoms with Crippen LogP contribution in [0.4, 0.5) is 5.69 Å². The second kappa shape index (κ2) is 7.21. The molecule has 4 nitrogen and oxygen atoms in total. The van der Waals surface area contributed by atoms with Gasteiger partial charge >= 0.3 is 5.97 Å². The predicted molar refractivity (Wildman–Crippen MR) is 99.6 cm³/mol. The first kappa shape index (κ1) is 17.4. The fraction of sp³-hybridized carbons (Fsp3) is 0.105. The van der Waals surface area contributed by atoms with Gasteiger partial charge in [0, 0.05) is 16.3 Å². The highest BCUT2D eigenvalue weighted by Crippen LogP contribution is 2.30. The quantitative estimate of drug-likeness (QED) is 0.584. The number of furan rings is 1. The van der Waals surface area contributed by atoms with Crippen LogP contribution in [0.2, 0.25) is 10.0 Å². The second-order valence-corrected chi connectivity index (χ2v) is 6.35. The first-order valence-electron chi connectivity index (χ1n) is 7.56. The van der Waals surface area contributed by atoms with Crippen LogP contribution in [0.3, 0.4) is 0 Å². The van der Waals surface area contributed by atoms with Crippen molar-refractivity contribution in [3.63, 3.8) is 0 Å². The number of hydrogen-bond donors (Lipinski definition) is 2. The van der Waals surface area contributed by atoms with Gasteiger partial charge in [0.05, 0.1) is 17.1 Å². The zero-order valence-electron chi connectivity index (χ0n) is 13.3. The van der Waals surface area contributed by atoms with Crippen molar-refractivity contribution >= 4 is 34.9 Å². The summed E-state index contributed by atoms with van der Waals surface area (Å²) in [6.07, 6.45) is 0. The Morgan fingerprint density at radius 3 is 2.64 bits per heavy atom. The van der Waals surface area contributed by atoms with Crippen LogP contribution in [0.15, 0.2) is 52.9 Å². The molecule has 0 aliphatic carbocycles. The molecule has 0 radical (unpaired) electrons. The fourth-order valence-corrected chi connectivity index (χ4v) is 2.92. The van der Waals surface area contributed by atoms with E-state index in [-0.39, 0.29) is 10.6 Å². The summed E-state index contributed by atoms with van der Waals surface area (Å²) in [7, 11) is 0. The first-order valence-corrected chi connectivity index (χ1v) is 8.32. The fourth-order valence-electron chi connectivity index (χ4n) is 2.48. The van der Waals surface area contributed by atoms with Crippen LogP contribution in [0.5, 0.6) is 0 Å². The number of benzene rings is 2. The van der Waals surface area contributed by atoms with Gasteiger partial charge in [-0.3, -0.25) is 0 Å². The molecule has 128 valence electrons. The lowest BCUT2D eigenvalue weighted by Crippen LogP contribution is -2.01. The summed E-state index contributed by atoms with van der Waals surface area (Å²) < 4.78 is 5.87. The molecule has 3 rings (SSSR count). The molecule has 0 amide bonds. The summed E-state index contributed by atoms with van der Waals surface area (Å²) >= 11 is 12.1. The van der Waals surface area contributed by atoms with E-state index in [1.54, 1.807) is 12.1 Å². The monoisotopic (exact) mass is 375 g/mol. The Balaban J connectivity index is 1.73. The van der Waals surface area contributed by atoms with Gasteiger partial charge in [-0.15, -0.1) is 0 Å². The van der Waals surface area contributed by atoms with Crippen molar-refractivity contribution < 1.29 is 14.3 Å². The maximum Gasteiger partial charge on any atom is 0.337 e. The SMILES string of the molecule is Cc1c(Cl)cccc1-c1ccc(CNc2ccc(C(=O)O)c(Cl)c2)o1. The summed E-state index contributed by atoms with van der Waals surface area (Å²) in [6, 6.07) is 14.2. The van der Waals surface area contributed by atoms with E-state index in [2.05, 4.69) is 5.32 Å². The van der Waals surface area contributed by atoms with Crippen LogP contribution in [0.25, 0.3) is 11.3 Å². The summed E-state index contributed by atoms with van der Waals surface area (Å²) in [6.45, 7) is 2.40. The molecule has 2 aromatic carbocycles. The predicted octanol–water partition coefficient (Wildman–Crippen LogP) is 5.87. The van der Waals surface area contributed by atoms with Gasteiger partial charge in [0.25, 0.3) is 0 Å². The summed E-state index contributed by atoms with van der Waals surface area (Å²) in [5.41, 5.74) is 2.71. The standard InChI is InChI=1S/C19H15Cl2NO3/c1-11-14(3-2-4-16(11)20)18-8-6-13(25-18)10-22-12-5-7-15(19(23)24)17(21)9-12/h2-9,22H,10H2,1H3,(H,23,24). The highest BCUT2D eigenvalue weighted by Gasteiger charge is 2.11. The molecule has 0 saturated carbocycles. The lowest BCUT2D eigenvalue weighted by atomic mass is 10.1. The van der Waals surface area contributed by atoms with Gasteiger partial charge in [0.2, 0.25) is 0 Å². The third kappa shape index (κ3) is 3.81. The average Bonchev–Trinajstić information content (AvgIpc) is 3.04. The van der Waals surface area contributed by atoms with E-state index in [0.29, 0.717) is 17.3 Å². The van der Waals surface area contributed by atoms with Crippen LogP contribution in [0.1, 0.15) is 21.7 Å². The summed E-state index contributed by atoms with van der Waals surface area (Å²) in [5.74, 6) is 0.438. The molecule has 0 unspecified atom stereocenters. The Labute approximate surface area is 155 Å². The van der Waals surface area contributed by atoms with E-state index in [9.17, 15) is 4.79 Å². The van der Waals surface area contributed by atoms with Gasteiger partial charge in [-0.25, -0.2) is 4.79 Å². The van der Waals surface area contributed by atoms with Crippen molar-refractivity contribution in [1.29, 1.82) is 0 Å². The zero-order chi connectivity index (χ0) is 18.0. The molecule has 0 fully saturated rings. The number of rotatable bonds is 5. The first-order chi connectivity index (χ1) is 12.0. The average molecular weight is 376 g/mol. The Morgan fingerprint density at radius 1 is 1.12 bits per heavy atom. The highest BCUT2D eigenvalue weighted by molar-refractivity contribution is 6.33. The number of halogens is 2. The van der Waals surface area contributed by atoms with Crippen molar-refractivity contribution in [2.24, 2.45) is 0 Å². The zero-order valence-corrected chi connectivity index (χ0v) is 14.9. The molecular weight excluding hydrogens is 361 g/mol. The van der Waals surface area contributed by atoms with Crippen molar-refractivity contribution in [2.45, 2.75) is 13.5 Å². The molecule has 2 N–H and O–H groups in total.